The third kappa shape index (κ3) is 3.16. The van der Waals surface area contributed by atoms with Crippen LogP contribution in [0.15, 0.2) is 40.1 Å². The average molecular weight is 337 g/mol. The largest absolute Gasteiger partial charge is 0.369 e. The molecule has 0 unspecified atom stereocenters. The molecule has 2 heterocycles. The molecule has 1 fully saturated rings. The lowest BCUT2D eigenvalue weighted by atomic mass is 10.3. The van der Waals surface area contributed by atoms with Gasteiger partial charge >= 0.3 is 0 Å². The van der Waals surface area contributed by atoms with Gasteiger partial charge in [0.05, 0.1) is 22.6 Å². The first kappa shape index (κ1) is 15.5. The zero-order chi connectivity index (χ0) is 15.6. The van der Waals surface area contributed by atoms with Gasteiger partial charge in [-0.05, 0) is 37.1 Å². The highest BCUT2D eigenvalue weighted by molar-refractivity contribution is 7.89. The fraction of sp³-hybridized carbons (Fsp3) is 0.400. The number of hydrogen-bond donors (Lipinski definition) is 0. The number of nitrogens with zero attached hydrogens (tertiary/aromatic N) is 3. The third-order valence-corrected chi connectivity index (χ3v) is 6.41. The molecule has 22 heavy (non-hydrogen) atoms. The van der Waals surface area contributed by atoms with Crippen molar-refractivity contribution in [2.45, 2.75) is 24.3 Å². The van der Waals surface area contributed by atoms with Crippen molar-refractivity contribution < 1.29 is 8.42 Å². The van der Waals surface area contributed by atoms with Crippen molar-refractivity contribution in [3.8, 4) is 0 Å². The van der Waals surface area contributed by atoms with Crippen LogP contribution in [-0.2, 0) is 16.6 Å². The Morgan fingerprint density at radius 2 is 1.91 bits per heavy atom. The Bertz CT molecular complexity index is 706. The third-order valence-electron chi connectivity index (χ3n) is 3.86. The Hall–Kier alpha value is -1.44. The van der Waals surface area contributed by atoms with E-state index < -0.39 is 10.0 Å². The minimum atomic E-state index is -3.33. The summed E-state index contributed by atoms with van der Waals surface area (Å²) in [6, 6.07) is 7.10. The molecule has 0 amide bonds. The van der Waals surface area contributed by atoms with Crippen molar-refractivity contribution in [2.75, 3.05) is 25.0 Å². The molecule has 0 bridgehead atoms. The first-order valence-corrected chi connectivity index (χ1v) is 9.64. The maximum atomic E-state index is 12.5. The lowest BCUT2D eigenvalue weighted by Crippen LogP contribution is -2.27. The van der Waals surface area contributed by atoms with Crippen molar-refractivity contribution in [1.82, 2.24) is 9.29 Å². The van der Waals surface area contributed by atoms with Crippen LogP contribution in [0.1, 0.15) is 18.5 Å². The predicted molar refractivity (Wildman–Crippen MR) is 88.7 cm³/mol. The van der Waals surface area contributed by atoms with E-state index in [1.807, 2.05) is 30.1 Å². The second-order valence-corrected chi connectivity index (χ2v) is 8.10. The number of aromatic nitrogens is 1. The van der Waals surface area contributed by atoms with Crippen molar-refractivity contribution in [1.29, 1.82) is 0 Å². The minimum absolute atomic E-state index is 0.375. The van der Waals surface area contributed by atoms with E-state index in [0.717, 1.165) is 24.2 Å². The lowest BCUT2D eigenvalue weighted by molar-refractivity contribution is 0.477. The number of hydrogen-bond acceptors (Lipinski definition) is 5. The lowest BCUT2D eigenvalue weighted by Gasteiger charge is -2.19. The van der Waals surface area contributed by atoms with Gasteiger partial charge in [0.25, 0.3) is 0 Å². The fourth-order valence-corrected chi connectivity index (χ4v) is 4.67. The molecular weight excluding hydrogens is 318 g/mol. The molecular formula is C15H19N3O2S2. The molecule has 0 spiro atoms. The predicted octanol–water partition coefficient (Wildman–Crippen LogP) is 2.56. The number of rotatable bonds is 5. The van der Waals surface area contributed by atoms with Gasteiger partial charge in [0.15, 0.2) is 0 Å². The first-order valence-electron chi connectivity index (χ1n) is 7.26. The van der Waals surface area contributed by atoms with Crippen molar-refractivity contribution in [3.63, 3.8) is 0 Å². The van der Waals surface area contributed by atoms with Crippen LogP contribution in [0.2, 0.25) is 0 Å². The fourth-order valence-electron chi connectivity index (χ4n) is 2.60. The monoisotopic (exact) mass is 337 g/mol. The zero-order valence-corrected chi connectivity index (χ0v) is 14.1. The number of thiazole rings is 1. The van der Waals surface area contributed by atoms with Crippen LogP contribution >= 0.6 is 11.3 Å². The maximum Gasteiger partial charge on any atom is 0.243 e. The Morgan fingerprint density at radius 1 is 1.23 bits per heavy atom. The quantitative estimate of drug-likeness (QED) is 0.841. The molecule has 0 aliphatic carbocycles. The first-order chi connectivity index (χ1) is 10.6. The van der Waals surface area contributed by atoms with Gasteiger partial charge < -0.3 is 4.90 Å². The highest BCUT2D eigenvalue weighted by atomic mass is 32.2. The second kappa shape index (κ2) is 6.36. The average Bonchev–Trinajstić information content (AvgIpc) is 3.21. The van der Waals surface area contributed by atoms with E-state index in [1.54, 1.807) is 27.8 Å². The molecule has 1 aliphatic heterocycles. The van der Waals surface area contributed by atoms with E-state index in [1.165, 1.54) is 0 Å². The normalized spacial score (nSPS) is 16.0. The summed E-state index contributed by atoms with van der Waals surface area (Å²) in [6.07, 6.45) is 1.90. The molecule has 0 atom stereocenters. The van der Waals surface area contributed by atoms with Crippen molar-refractivity contribution in [3.05, 3.63) is 40.8 Å². The Morgan fingerprint density at radius 3 is 2.50 bits per heavy atom. The molecule has 1 aliphatic rings. The minimum Gasteiger partial charge on any atom is -0.369 e. The van der Waals surface area contributed by atoms with Gasteiger partial charge in [0.2, 0.25) is 10.0 Å². The standard InChI is InChI=1S/C15H19N3O2S2/c1-17(10-13-11-21-12-16-13)14-4-6-15(7-5-14)22(19,20)18-8-2-3-9-18/h4-7,11-12H,2-3,8-10H2,1H3. The van der Waals surface area contributed by atoms with E-state index in [0.29, 0.717) is 24.5 Å². The van der Waals surface area contributed by atoms with Crippen LogP contribution in [0.25, 0.3) is 0 Å². The van der Waals surface area contributed by atoms with Gasteiger partial charge in [-0.15, -0.1) is 11.3 Å². The molecule has 5 nitrogen and oxygen atoms in total. The SMILES string of the molecule is CN(Cc1cscn1)c1ccc(S(=O)(=O)N2CCCC2)cc1. The van der Waals surface area contributed by atoms with E-state index in [9.17, 15) is 8.42 Å². The van der Waals surface area contributed by atoms with Gasteiger partial charge in [0.1, 0.15) is 0 Å². The van der Waals surface area contributed by atoms with Gasteiger partial charge in [0, 0.05) is 31.2 Å². The summed E-state index contributed by atoms with van der Waals surface area (Å²) in [6.45, 7) is 1.98. The van der Waals surface area contributed by atoms with Gasteiger partial charge in [-0.1, -0.05) is 0 Å². The Balaban J connectivity index is 1.74. The highest BCUT2D eigenvalue weighted by Crippen LogP contribution is 2.23. The second-order valence-electron chi connectivity index (χ2n) is 5.44. The molecule has 118 valence electrons. The molecule has 2 aromatic rings. The van der Waals surface area contributed by atoms with Crippen LogP contribution in [-0.4, -0.2) is 37.8 Å². The summed E-state index contributed by atoms with van der Waals surface area (Å²) in [5.41, 5.74) is 3.81. The smallest absolute Gasteiger partial charge is 0.243 e. The van der Waals surface area contributed by atoms with Crippen LogP contribution < -0.4 is 4.90 Å². The summed E-state index contributed by atoms with van der Waals surface area (Å²) < 4.78 is 26.5. The molecule has 7 heteroatoms. The van der Waals surface area contributed by atoms with E-state index in [-0.39, 0.29) is 0 Å². The Kier molecular flexibility index (Phi) is 4.46. The van der Waals surface area contributed by atoms with Gasteiger partial charge in [-0.2, -0.15) is 4.31 Å². The van der Waals surface area contributed by atoms with Crippen LogP contribution in [0, 0.1) is 0 Å². The summed E-state index contributed by atoms with van der Waals surface area (Å²) in [5.74, 6) is 0. The van der Waals surface area contributed by atoms with E-state index in [4.69, 9.17) is 0 Å². The molecule has 1 saturated heterocycles. The van der Waals surface area contributed by atoms with Gasteiger partial charge in [-0.3, -0.25) is 0 Å². The summed E-state index contributed by atoms with van der Waals surface area (Å²) in [4.78, 5) is 6.70. The number of anilines is 1. The summed E-state index contributed by atoms with van der Waals surface area (Å²) in [5, 5.41) is 2.02. The van der Waals surface area contributed by atoms with Crippen molar-refractivity contribution >= 4 is 27.0 Å². The molecule has 0 saturated carbocycles. The number of sulfonamides is 1. The molecule has 1 aromatic heterocycles. The zero-order valence-electron chi connectivity index (χ0n) is 12.5. The van der Waals surface area contributed by atoms with Crippen LogP contribution in [0.5, 0.6) is 0 Å². The van der Waals surface area contributed by atoms with Crippen LogP contribution in [0.4, 0.5) is 5.69 Å². The molecule has 0 radical (unpaired) electrons. The van der Waals surface area contributed by atoms with Crippen LogP contribution in [0.3, 0.4) is 0 Å². The van der Waals surface area contributed by atoms with Crippen molar-refractivity contribution in [2.24, 2.45) is 0 Å². The van der Waals surface area contributed by atoms with E-state index >= 15 is 0 Å². The van der Waals surface area contributed by atoms with Gasteiger partial charge in [-0.25, -0.2) is 13.4 Å². The number of benzene rings is 1. The molecule has 3 rings (SSSR count). The molecule has 1 aromatic carbocycles. The Labute approximate surface area is 135 Å². The topological polar surface area (TPSA) is 53.5 Å². The van der Waals surface area contributed by atoms with E-state index in [2.05, 4.69) is 9.88 Å². The maximum absolute atomic E-state index is 12.5. The summed E-state index contributed by atoms with van der Waals surface area (Å²) >= 11 is 1.57. The highest BCUT2D eigenvalue weighted by Gasteiger charge is 2.26. The summed E-state index contributed by atoms with van der Waals surface area (Å²) in [7, 11) is -1.35. The molecule has 0 N–H and O–H groups in total.